The SMILES string of the molecule is CC/C=C/C/C=C/C/C=C/C/C=C/C/C=C/CCCCCCC(=O)OC(COCCC(C(=O)[O-])[N+](C)(C)C)COC(=O)CCCCCCC/C=C/CCCCCCCCC. The number of quaternary nitrogens is 1. The molecule has 344 valence electrons. The number of carbonyl (C=O) groups excluding carboxylic acids is 3. The monoisotopic (exact) mass is 840 g/mol. The predicted molar refractivity (Wildman–Crippen MR) is 249 cm³/mol. The number of hydrogen-bond donors (Lipinski definition) is 0. The van der Waals surface area contributed by atoms with Crippen LogP contribution in [0.4, 0.5) is 0 Å². The lowest BCUT2D eigenvalue weighted by Gasteiger charge is -2.34. The van der Waals surface area contributed by atoms with Gasteiger partial charge >= 0.3 is 11.9 Å². The molecule has 0 radical (unpaired) electrons. The summed E-state index contributed by atoms with van der Waals surface area (Å²) in [5.41, 5.74) is 0. The zero-order valence-corrected chi connectivity index (χ0v) is 39.1. The third kappa shape index (κ3) is 40.2. The van der Waals surface area contributed by atoms with Crippen LogP contribution in [-0.4, -0.2) is 75.5 Å². The van der Waals surface area contributed by atoms with Gasteiger partial charge in [-0.3, -0.25) is 9.59 Å². The quantitative estimate of drug-likeness (QED) is 0.0261. The maximum Gasteiger partial charge on any atom is 0.306 e. The van der Waals surface area contributed by atoms with Crippen LogP contribution in [0.1, 0.15) is 187 Å². The number of carbonyl (C=O) groups is 3. The molecule has 0 N–H and O–H groups in total. The third-order valence-electron chi connectivity index (χ3n) is 10.3. The lowest BCUT2D eigenvalue weighted by Crippen LogP contribution is -2.55. The molecule has 60 heavy (non-hydrogen) atoms. The van der Waals surface area contributed by atoms with E-state index in [2.05, 4.69) is 86.8 Å². The molecule has 0 bridgehead atoms. The molecule has 0 aliphatic rings. The number of likely N-dealkylation sites (N-methyl/N-ethyl adjacent to an activating group) is 1. The Morgan fingerprint density at radius 2 is 0.933 bits per heavy atom. The maximum absolute atomic E-state index is 12.8. The third-order valence-corrected chi connectivity index (χ3v) is 10.3. The fourth-order valence-electron chi connectivity index (χ4n) is 6.62. The minimum absolute atomic E-state index is 0.0245. The highest BCUT2D eigenvalue weighted by atomic mass is 16.6. The van der Waals surface area contributed by atoms with E-state index in [1.54, 1.807) is 21.1 Å². The lowest BCUT2D eigenvalue weighted by atomic mass is 10.1. The van der Waals surface area contributed by atoms with Gasteiger partial charge in [0.15, 0.2) is 6.10 Å². The number of nitrogens with zero attached hydrogens (tertiary/aromatic N) is 1. The van der Waals surface area contributed by atoms with Gasteiger partial charge in [0.25, 0.3) is 0 Å². The molecule has 0 heterocycles. The number of carboxylic acid groups (broad SMARTS) is 1. The fraction of sp³-hybridized carbons (Fsp3) is 0.712. The van der Waals surface area contributed by atoms with E-state index in [-0.39, 0.29) is 49.1 Å². The molecule has 0 aliphatic heterocycles. The number of unbranched alkanes of at least 4 members (excludes halogenated alkanes) is 16. The van der Waals surface area contributed by atoms with Crippen LogP contribution >= 0.6 is 0 Å². The molecule has 0 spiro atoms. The van der Waals surface area contributed by atoms with E-state index < -0.39 is 18.1 Å². The van der Waals surface area contributed by atoms with Crippen molar-refractivity contribution in [2.45, 2.75) is 199 Å². The second-order valence-corrected chi connectivity index (χ2v) is 17.0. The van der Waals surface area contributed by atoms with Crippen LogP contribution in [0, 0.1) is 0 Å². The molecule has 0 aromatic rings. The molecule has 0 rings (SSSR count). The van der Waals surface area contributed by atoms with Gasteiger partial charge in [-0.05, 0) is 83.5 Å². The Bertz CT molecular complexity index is 1210. The number of ether oxygens (including phenoxy) is 3. The van der Waals surface area contributed by atoms with Gasteiger partial charge in [0.1, 0.15) is 12.6 Å². The first kappa shape index (κ1) is 56.8. The molecule has 8 nitrogen and oxygen atoms in total. The van der Waals surface area contributed by atoms with Crippen molar-refractivity contribution in [1.29, 1.82) is 0 Å². The van der Waals surface area contributed by atoms with Gasteiger partial charge in [0.2, 0.25) is 0 Å². The van der Waals surface area contributed by atoms with E-state index in [0.717, 1.165) is 96.3 Å². The Kier molecular flexibility index (Phi) is 40.2. The molecule has 0 saturated carbocycles. The molecule has 2 atom stereocenters. The molecule has 0 amide bonds. The molecular weight excluding hydrogens is 751 g/mol. The summed E-state index contributed by atoms with van der Waals surface area (Å²) in [6, 6.07) is -0.735. The molecule has 0 fully saturated rings. The molecular formula is C52H89NO7. The Labute approximate surface area is 368 Å². The Balaban J connectivity index is 4.38. The summed E-state index contributed by atoms with van der Waals surface area (Å²) >= 11 is 0. The largest absolute Gasteiger partial charge is 0.544 e. The minimum atomic E-state index is -1.13. The number of allylic oxidation sites excluding steroid dienone is 12. The average Bonchev–Trinajstić information content (AvgIpc) is 3.21. The summed E-state index contributed by atoms with van der Waals surface area (Å²) in [5.74, 6) is -1.78. The summed E-state index contributed by atoms with van der Waals surface area (Å²) in [4.78, 5) is 36.9. The van der Waals surface area contributed by atoms with Gasteiger partial charge in [-0.25, -0.2) is 0 Å². The second kappa shape index (κ2) is 42.5. The van der Waals surface area contributed by atoms with Gasteiger partial charge < -0.3 is 28.6 Å². The number of rotatable bonds is 42. The molecule has 0 aliphatic carbocycles. The van der Waals surface area contributed by atoms with E-state index in [4.69, 9.17) is 14.2 Å². The maximum atomic E-state index is 12.8. The standard InChI is InChI=1S/C52H89NO7/c1-6-8-10-12-14-16-18-20-22-24-25-26-27-29-31-33-35-37-39-41-43-51(55)60-48(46-58-45-44-49(52(56)57)53(3,4)5)47-59-50(54)42-40-38-36-34-32-30-28-23-21-19-17-15-13-11-9-7-2/h8,10,14,16,20,22-23,25-26,28-29,31,48-49H,6-7,9,11-13,15,17-19,21,24,27,30,32-47H2,1-5H3/b10-8+,16-14+,22-20+,26-25+,28-23+,31-29+. The van der Waals surface area contributed by atoms with Crippen LogP contribution < -0.4 is 5.11 Å². The molecule has 0 saturated heterocycles. The fourth-order valence-corrected chi connectivity index (χ4v) is 6.62. The van der Waals surface area contributed by atoms with Crippen LogP contribution in [-0.2, 0) is 28.6 Å². The summed E-state index contributed by atoms with van der Waals surface area (Å²) in [5, 5.41) is 11.6. The van der Waals surface area contributed by atoms with Crippen LogP contribution in [0.25, 0.3) is 0 Å². The summed E-state index contributed by atoms with van der Waals surface area (Å²) in [6.07, 6.45) is 53.5. The smallest absolute Gasteiger partial charge is 0.306 e. The van der Waals surface area contributed by atoms with E-state index in [0.29, 0.717) is 6.42 Å². The van der Waals surface area contributed by atoms with Crippen molar-refractivity contribution in [3.63, 3.8) is 0 Å². The number of esters is 2. The van der Waals surface area contributed by atoms with Crippen molar-refractivity contribution in [2.75, 3.05) is 41.0 Å². The summed E-state index contributed by atoms with van der Waals surface area (Å²) < 4.78 is 17.2. The van der Waals surface area contributed by atoms with E-state index in [1.807, 2.05) is 0 Å². The lowest BCUT2D eigenvalue weighted by molar-refractivity contribution is -0.889. The van der Waals surface area contributed by atoms with Crippen LogP contribution in [0.15, 0.2) is 72.9 Å². The van der Waals surface area contributed by atoms with Crippen molar-refractivity contribution in [1.82, 2.24) is 0 Å². The highest BCUT2D eigenvalue weighted by Gasteiger charge is 2.25. The summed E-state index contributed by atoms with van der Waals surface area (Å²) in [6.45, 7) is 4.51. The van der Waals surface area contributed by atoms with Crippen LogP contribution in [0.5, 0.6) is 0 Å². The zero-order valence-electron chi connectivity index (χ0n) is 39.1. The first-order chi connectivity index (χ1) is 29.1. The Morgan fingerprint density at radius 3 is 1.40 bits per heavy atom. The van der Waals surface area contributed by atoms with E-state index >= 15 is 0 Å². The first-order valence-electron chi connectivity index (χ1n) is 24.0. The van der Waals surface area contributed by atoms with Gasteiger partial charge in [0.05, 0.1) is 40.3 Å². The van der Waals surface area contributed by atoms with E-state index in [1.165, 1.54) is 57.8 Å². The van der Waals surface area contributed by atoms with Crippen molar-refractivity contribution in [3.05, 3.63) is 72.9 Å². The van der Waals surface area contributed by atoms with Crippen molar-refractivity contribution in [3.8, 4) is 0 Å². The predicted octanol–water partition coefficient (Wildman–Crippen LogP) is 12.2. The topological polar surface area (TPSA) is 102 Å². The number of carboxylic acids is 1. The van der Waals surface area contributed by atoms with Gasteiger partial charge in [-0.15, -0.1) is 0 Å². The van der Waals surface area contributed by atoms with Crippen LogP contribution in [0.3, 0.4) is 0 Å². The summed E-state index contributed by atoms with van der Waals surface area (Å²) in [7, 11) is 5.39. The van der Waals surface area contributed by atoms with Crippen LogP contribution in [0.2, 0.25) is 0 Å². The Morgan fingerprint density at radius 1 is 0.517 bits per heavy atom. The highest BCUT2D eigenvalue weighted by molar-refractivity contribution is 5.70. The average molecular weight is 840 g/mol. The van der Waals surface area contributed by atoms with Crippen molar-refractivity contribution in [2.24, 2.45) is 0 Å². The molecule has 0 aromatic carbocycles. The molecule has 2 unspecified atom stereocenters. The van der Waals surface area contributed by atoms with E-state index in [9.17, 15) is 19.5 Å². The zero-order chi connectivity index (χ0) is 44.2. The molecule has 0 aromatic heterocycles. The molecule has 8 heteroatoms. The van der Waals surface area contributed by atoms with Crippen molar-refractivity contribution < 1.29 is 38.2 Å². The van der Waals surface area contributed by atoms with Gasteiger partial charge in [0, 0.05) is 19.3 Å². The second-order valence-electron chi connectivity index (χ2n) is 17.0. The Hall–Kier alpha value is -3.23. The minimum Gasteiger partial charge on any atom is -0.544 e. The van der Waals surface area contributed by atoms with Crippen molar-refractivity contribution >= 4 is 17.9 Å². The normalized spacial score (nSPS) is 13.6. The first-order valence-corrected chi connectivity index (χ1v) is 24.0. The van der Waals surface area contributed by atoms with Gasteiger partial charge in [-0.2, -0.15) is 0 Å². The number of aliphatic carboxylic acids is 1. The van der Waals surface area contributed by atoms with Gasteiger partial charge in [-0.1, -0.05) is 157 Å². The number of hydrogen-bond acceptors (Lipinski definition) is 7. The highest BCUT2D eigenvalue weighted by Crippen LogP contribution is 2.13.